The molecule has 3 heterocycles. The van der Waals surface area contributed by atoms with Crippen molar-refractivity contribution in [2.75, 3.05) is 23.3 Å². The van der Waals surface area contributed by atoms with Crippen LogP contribution < -0.4 is 10.2 Å². The van der Waals surface area contributed by atoms with E-state index in [-0.39, 0.29) is 5.91 Å². The number of amides is 1. The van der Waals surface area contributed by atoms with Crippen LogP contribution in [-0.4, -0.2) is 34.1 Å². The Morgan fingerprint density at radius 1 is 1.20 bits per heavy atom. The molecule has 1 fully saturated rings. The van der Waals surface area contributed by atoms with Gasteiger partial charge in [0.1, 0.15) is 17.0 Å². The molecule has 0 atom stereocenters. The predicted octanol–water partition coefficient (Wildman–Crippen LogP) is 4.30. The lowest BCUT2D eigenvalue weighted by Crippen LogP contribution is -2.33. The first kappa shape index (κ1) is 20.3. The smallest absolute Gasteiger partial charge is 0.263 e. The van der Waals surface area contributed by atoms with Gasteiger partial charge in [0, 0.05) is 31.6 Å². The average molecular weight is 408 g/mol. The highest BCUT2D eigenvalue weighted by atomic mass is 16.5. The molecule has 7 heteroatoms. The number of carbonyl (C=O) groups is 1. The summed E-state index contributed by atoms with van der Waals surface area (Å²) < 4.78 is 5.44. The van der Waals surface area contributed by atoms with E-state index in [1.807, 2.05) is 31.2 Å². The van der Waals surface area contributed by atoms with Crippen LogP contribution in [-0.2, 0) is 17.6 Å². The number of fused-ring (bicyclic) bond motifs is 1. The number of aryl methyl sites for hydroxylation is 3. The maximum absolute atomic E-state index is 12.4. The van der Waals surface area contributed by atoms with Crippen LogP contribution in [0.1, 0.15) is 50.2 Å². The molecule has 7 nitrogen and oxygen atoms in total. The van der Waals surface area contributed by atoms with Gasteiger partial charge in [0.05, 0.1) is 5.69 Å². The number of rotatable bonds is 6. The second-order valence-electron chi connectivity index (χ2n) is 8.18. The summed E-state index contributed by atoms with van der Waals surface area (Å²) in [6, 6.07) is 7.94. The highest BCUT2D eigenvalue weighted by molar-refractivity contribution is 5.91. The van der Waals surface area contributed by atoms with Crippen molar-refractivity contribution in [2.24, 2.45) is 5.92 Å². The first-order chi connectivity index (χ1) is 14.5. The third-order valence-electron chi connectivity index (χ3n) is 5.84. The number of carbonyl (C=O) groups excluding carboxylic acids is 1. The number of anilines is 2. The molecule has 0 aliphatic carbocycles. The minimum absolute atomic E-state index is 0.0509. The molecule has 30 heavy (non-hydrogen) atoms. The molecule has 1 saturated heterocycles. The van der Waals surface area contributed by atoms with E-state index in [2.05, 4.69) is 34.2 Å². The van der Waals surface area contributed by atoms with Gasteiger partial charge in [0.25, 0.3) is 5.71 Å². The van der Waals surface area contributed by atoms with E-state index >= 15 is 0 Å². The van der Waals surface area contributed by atoms with Crippen molar-refractivity contribution >= 4 is 28.5 Å². The Balaban J connectivity index is 1.47. The molecule has 0 radical (unpaired) electrons. The molecule has 0 saturated carbocycles. The van der Waals surface area contributed by atoms with Crippen LogP contribution in [0.4, 0.5) is 11.5 Å². The minimum atomic E-state index is -0.0509. The highest BCUT2D eigenvalue weighted by Crippen LogP contribution is 2.30. The van der Waals surface area contributed by atoms with Crippen molar-refractivity contribution in [3.8, 4) is 0 Å². The Bertz CT molecular complexity index is 1020. The summed E-state index contributed by atoms with van der Waals surface area (Å²) in [5, 5.41) is 7.92. The van der Waals surface area contributed by atoms with Gasteiger partial charge >= 0.3 is 0 Å². The van der Waals surface area contributed by atoms with Crippen molar-refractivity contribution in [3.05, 3.63) is 41.3 Å². The zero-order chi connectivity index (χ0) is 21.1. The van der Waals surface area contributed by atoms with Crippen LogP contribution >= 0.6 is 0 Å². The minimum Gasteiger partial charge on any atom is -0.356 e. The van der Waals surface area contributed by atoms with Crippen LogP contribution in [0.15, 0.2) is 28.8 Å². The lowest BCUT2D eigenvalue weighted by atomic mass is 9.99. The number of nitrogens with one attached hydrogen (secondary N) is 1. The average Bonchev–Trinajstić information content (AvgIpc) is 3.13. The summed E-state index contributed by atoms with van der Waals surface area (Å²) in [7, 11) is 0. The highest BCUT2D eigenvalue weighted by Gasteiger charge is 2.23. The topological polar surface area (TPSA) is 84.2 Å². The summed E-state index contributed by atoms with van der Waals surface area (Å²) in [5.41, 5.74) is 3.36. The van der Waals surface area contributed by atoms with Crippen molar-refractivity contribution in [3.63, 3.8) is 0 Å². The molecule has 0 spiro atoms. The maximum atomic E-state index is 12.4. The number of hydrogen-bond acceptors (Lipinski definition) is 6. The fourth-order valence-corrected chi connectivity index (χ4v) is 3.85. The molecule has 158 valence electrons. The molecule has 0 bridgehead atoms. The number of nitrogens with zero attached hydrogens (tertiary/aromatic N) is 4. The molecular weight excluding hydrogens is 378 g/mol. The lowest BCUT2D eigenvalue weighted by molar-refractivity contribution is -0.116. The Labute approximate surface area is 176 Å². The largest absolute Gasteiger partial charge is 0.356 e. The third kappa shape index (κ3) is 4.45. The zero-order valence-electron chi connectivity index (χ0n) is 17.9. The molecule has 2 aromatic heterocycles. The van der Waals surface area contributed by atoms with E-state index in [9.17, 15) is 4.79 Å². The normalized spacial score (nSPS) is 15.0. The summed E-state index contributed by atoms with van der Waals surface area (Å²) in [6.45, 7) is 8.25. The van der Waals surface area contributed by atoms with Crippen molar-refractivity contribution in [2.45, 2.75) is 52.9 Å². The number of benzene rings is 1. The van der Waals surface area contributed by atoms with Gasteiger partial charge in [0.15, 0.2) is 0 Å². The molecule has 1 amide bonds. The fourth-order valence-electron chi connectivity index (χ4n) is 3.85. The second-order valence-corrected chi connectivity index (χ2v) is 8.18. The molecule has 0 unspecified atom stereocenters. The predicted molar refractivity (Wildman–Crippen MR) is 118 cm³/mol. The first-order valence-corrected chi connectivity index (χ1v) is 10.8. The molecular formula is C23H29N5O2. The van der Waals surface area contributed by atoms with Crippen LogP contribution in [0, 0.1) is 12.8 Å². The molecule has 1 aliphatic rings. The van der Waals surface area contributed by atoms with E-state index < -0.39 is 0 Å². The Kier molecular flexibility index (Phi) is 5.97. The zero-order valence-corrected chi connectivity index (χ0v) is 17.9. The van der Waals surface area contributed by atoms with Gasteiger partial charge < -0.3 is 14.7 Å². The molecule has 4 rings (SSSR count). The summed E-state index contributed by atoms with van der Waals surface area (Å²) in [4.78, 5) is 24.1. The van der Waals surface area contributed by atoms with E-state index in [1.54, 1.807) is 0 Å². The summed E-state index contributed by atoms with van der Waals surface area (Å²) in [5.74, 6) is 2.18. The Morgan fingerprint density at radius 3 is 2.63 bits per heavy atom. The molecule has 3 aromatic rings. The number of aromatic nitrogens is 3. The van der Waals surface area contributed by atoms with E-state index in [1.165, 1.54) is 5.56 Å². The van der Waals surface area contributed by atoms with E-state index in [0.29, 0.717) is 24.4 Å². The Morgan fingerprint density at radius 2 is 1.93 bits per heavy atom. The first-order valence-electron chi connectivity index (χ1n) is 10.8. The van der Waals surface area contributed by atoms with Gasteiger partial charge in [-0.05, 0) is 49.8 Å². The standard InChI is InChI=1S/C23H29N5O2/c1-4-17-5-7-18(8-6-17)24-20(29)10-9-19-25-22(28-13-11-15(2)12-14-28)21-16(3)27-30-23(21)26-19/h5-8,15H,4,9-14H2,1-3H3,(H,24,29). The van der Waals surface area contributed by atoms with Gasteiger partial charge in [-0.2, -0.15) is 4.98 Å². The fraction of sp³-hybridized carbons (Fsp3) is 0.478. The molecule has 1 aliphatic heterocycles. The monoisotopic (exact) mass is 407 g/mol. The summed E-state index contributed by atoms with van der Waals surface area (Å²) >= 11 is 0. The SMILES string of the molecule is CCc1ccc(NC(=O)CCc2nc(N3CCC(C)CC3)c3c(C)noc3n2)cc1. The second kappa shape index (κ2) is 8.81. The lowest BCUT2D eigenvalue weighted by Gasteiger charge is -2.31. The number of hydrogen-bond donors (Lipinski definition) is 1. The molecule has 1 N–H and O–H groups in total. The van der Waals surface area contributed by atoms with Crippen LogP contribution in [0.2, 0.25) is 0 Å². The third-order valence-corrected chi connectivity index (χ3v) is 5.84. The quantitative estimate of drug-likeness (QED) is 0.656. The maximum Gasteiger partial charge on any atom is 0.263 e. The van der Waals surface area contributed by atoms with Gasteiger partial charge in [-0.25, -0.2) is 4.98 Å². The van der Waals surface area contributed by atoms with Crippen LogP contribution in [0.5, 0.6) is 0 Å². The Hall–Kier alpha value is -2.96. The van der Waals surface area contributed by atoms with Gasteiger partial charge in [-0.3, -0.25) is 4.79 Å². The number of piperidine rings is 1. The van der Waals surface area contributed by atoms with Crippen molar-refractivity contribution in [1.82, 2.24) is 15.1 Å². The van der Waals surface area contributed by atoms with Crippen molar-refractivity contribution in [1.29, 1.82) is 0 Å². The van der Waals surface area contributed by atoms with Crippen molar-refractivity contribution < 1.29 is 9.32 Å². The van der Waals surface area contributed by atoms with Crippen LogP contribution in [0.25, 0.3) is 11.1 Å². The van der Waals surface area contributed by atoms with Gasteiger partial charge in [0.2, 0.25) is 5.91 Å². The van der Waals surface area contributed by atoms with E-state index in [4.69, 9.17) is 9.51 Å². The van der Waals surface area contributed by atoms with Gasteiger partial charge in [-0.1, -0.05) is 31.1 Å². The van der Waals surface area contributed by atoms with E-state index in [0.717, 1.165) is 60.9 Å². The summed E-state index contributed by atoms with van der Waals surface area (Å²) in [6.07, 6.45) is 4.03. The van der Waals surface area contributed by atoms with Gasteiger partial charge in [-0.15, -0.1) is 0 Å². The molecule has 1 aromatic carbocycles. The van der Waals surface area contributed by atoms with Crippen LogP contribution in [0.3, 0.4) is 0 Å².